The Morgan fingerprint density at radius 2 is 2.21 bits per heavy atom. The van der Waals surface area contributed by atoms with E-state index >= 15 is 0 Å². The fourth-order valence-electron chi connectivity index (χ4n) is 2.24. The topological polar surface area (TPSA) is 60.0 Å². The van der Waals surface area contributed by atoms with Crippen molar-refractivity contribution in [2.24, 2.45) is 7.05 Å². The molecule has 3 aromatic rings. The van der Waals surface area contributed by atoms with Gasteiger partial charge in [-0.25, -0.2) is 4.52 Å². The lowest BCUT2D eigenvalue weighted by Crippen LogP contribution is -2.22. The van der Waals surface area contributed by atoms with Gasteiger partial charge in [0.15, 0.2) is 0 Å². The first-order chi connectivity index (χ1) is 9.29. The molecule has 0 fully saturated rings. The minimum Gasteiger partial charge on any atom is -0.305 e. The summed E-state index contributed by atoms with van der Waals surface area (Å²) >= 11 is 0. The van der Waals surface area contributed by atoms with Crippen molar-refractivity contribution in [1.29, 1.82) is 0 Å². The molecule has 6 nitrogen and oxygen atoms in total. The highest BCUT2D eigenvalue weighted by Crippen LogP contribution is 2.23. The summed E-state index contributed by atoms with van der Waals surface area (Å²) in [6.45, 7) is 2.94. The minimum atomic E-state index is 0.0351. The van der Waals surface area contributed by atoms with Gasteiger partial charge in [0.1, 0.15) is 0 Å². The Morgan fingerprint density at radius 1 is 1.32 bits per heavy atom. The summed E-state index contributed by atoms with van der Waals surface area (Å²) in [5, 5.41) is 12.3. The average Bonchev–Trinajstić information content (AvgIpc) is 3.03. The van der Waals surface area contributed by atoms with Crippen LogP contribution < -0.4 is 5.32 Å². The molecule has 0 radical (unpaired) electrons. The fourth-order valence-corrected chi connectivity index (χ4v) is 2.24. The molecule has 0 spiro atoms. The van der Waals surface area contributed by atoms with Crippen LogP contribution in [0.1, 0.15) is 24.2 Å². The zero-order valence-electron chi connectivity index (χ0n) is 11.0. The van der Waals surface area contributed by atoms with Crippen molar-refractivity contribution in [2.75, 3.05) is 6.54 Å². The standard InChI is InChI=1S/C13H16N6/c1-3-15-13(11-4-6-18(2)17-11)10-8-16-19-7-5-14-9-12(10)19/h4-9,13,15H,3H2,1-2H3. The Balaban J connectivity index is 2.09. The Morgan fingerprint density at radius 3 is 2.95 bits per heavy atom. The fraction of sp³-hybridized carbons (Fsp3) is 0.308. The van der Waals surface area contributed by atoms with E-state index in [0.717, 1.165) is 23.3 Å². The van der Waals surface area contributed by atoms with E-state index < -0.39 is 0 Å². The van der Waals surface area contributed by atoms with Crippen LogP contribution in [0.2, 0.25) is 0 Å². The molecule has 1 N–H and O–H groups in total. The van der Waals surface area contributed by atoms with Crippen molar-refractivity contribution in [2.45, 2.75) is 13.0 Å². The number of hydrogen-bond acceptors (Lipinski definition) is 4. The number of fused-ring (bicyclic) bond motifs is 1. The zero-order chi connectivity index (χ0) is 13.2. The van der Waals surface area contributed by atoms with E-state index in [1.54, 1.807) is 6.20 Å². The summed E-state index contributed by atoms with van der Waals surface area (Å²) in [5.74, 6) is 0. The van der Waals surface area contributed by atoms with E-state index in [1.807, 2.05) is 47.1 Å². The van der Waals surface area contributed by atoms with Gasteiger partial charge in [-0.2, -0.15) is 10.2 Å². The number of aromatic nitrogens is 5. The SMILES string of the molecule is CCNC(c1ccn(C)n1)c1cnn2ccncc12. The van der Waals surface area contributed by atoms with Crippen LogP contribution >= 0.6 is 0 Å². The van der Waals surface area contributed by atoms with Crippen LogP contribution in [-0.4, -0.2) is 30.9 Å². The highest BCUT2D eigenvalue weighted by molar-refractivity contribution is 5.55. The van der Waals surface area contributed by atoms with Crippen LogP contribution in [0.25, 0.3) is 5.52 Å². The largest absolute Gasteiger partial charge is 0.305 e. The third-order valence-corrected chi connectivity index (χ3v) is 3.10. The highest BCUT2D eigenvalue weighted by Gasteiger charge is 2.19. The molecular formula is C13H16N6. The molecule has 0 aromatic carbocycles. The molecule has 98 valence electrons. The third-order valence-electron chi connectivity index (χ3n) is 3.10. The maximum absolute atomic E-state index is 4.49. The number of nitrogens with one attached hydrogen (secondary N) is 1. The minimum absolute atomic E-state index is 0.0351. The van der Waals surface area contributed by atoms with Crippen molar-refractivity contribution < 1.29 is 0 Å². The molecule has 3 rings (SSSR count). The van der Waals surface area contributed by atoms with E-state index in [-0.39, 0.29) is 6.04 Å². The summed E-state index contributed by atoms with van der Waals surface area (Å²) in [5.41, 5.74) is 3.08. The van der Waals surface area contributed by atoms with Gasteiger partial charge in [0, 0.05) is 31.2 Å². The molecule has 0 saturated carbocycles. The normalized spacial score (nSPS) is 12.9. The third kappa shape index (κ3) is 2.10. The number of rotatable bonds is 4. The van der Waals surface area contributed by atoms with Gasteiger partial charge >= 0.3 is 0 Å². The average molecular weight is 256 g/mol. The quantitative estimate of drug-likeness (QED) is 0.761. The summed E-state index contributed by atoms with van der Waals surface area (Å²) in [6.07, 6.45) is 9.23. The molecule has 0 aliphatic heterocycles. The van der Waals surface area contributed by atoms with E-state index in [0.29, 0.717) is 0 Å². The van der Waals surface area contributed by atoms with E-state index in [9.17, 15) is 0 Å². The molecule has 0 aliphatic rings. The summed E-state index contributed by atoms with van der Waals surface area (Å²) in [7, 11) is 1.92. The van der Waals surface area contributed by atoms with Gasteiger partial charge in [-0.15, -0.1) is 0 Å². The predicted octanol–water partition coefficient (Wildman–Crippen LogP) is 1.16. The van der Waals surface area contributed by atoms with Gasteiger partial charge in [-0.1, -0.05) is 6.92 Å². The van der Waals surface area contributed by atoms with Gasteiger partial charge in [-0.3, -0.25) is 9.67 Å². The van der Waals surface area contributed by atoms with E-state index in [2.05, 4.69) is 27.4 Å². The van der Waals surface area contributed by atoms with Crippen LogP contribution in [0, 0.1) is 0 Å². The van der Waals surface area contributed by atoms with Crippen LogP contribution in [0.3, 0.4) is 0 Å². The van der Waals surface area contributed by atoms with Gasteiger partial charge in [0.25, 0.3) is 0 Å². The maximum atomic E-state index is 4.49. The molecule has 0 bridgehead atoms. The van der Waals surface area contributed by atoms with Crippen LogP contribution in [0.5, 0.6) is 0 Å². The Hall–Kier alpha value is -2.21. The van der Waals surface area contributed by atoms with E-state index in [1.165, 1.54) is 0 Å². The van der Waals surface area contributed by atoms with Crippen LogP contribution in [0.15, 0.2) is 37.1 Å². The molecule has 0 saturated heterocycles. The molecule has 1 atom stereocenters. The number of nitrogens with zero attached hydrogens (tertiary/aromatic N) is 5. The lowest BCUT2D eigenvalue weighted by Gasteiger charge is -2.14. The predicted molar refractivity (Wildman–Crippen MR) is 71.7 cm³/mol. The van der Waals surface area contributed by atoms with Crippen molar-refractivity contribution in [3.8, 4) is 0 Å². The van der Waals surface area contributed by atoms with Gasteiger partial charge in [0.05, 0.1) is 29.6 Å². The van der Waals surface area contributed by atoms with E-state index in [4.69, 9.17) is 0 Å². The number of hydrogen-bond donors (Lipinski definition) is 1. The van der Waals surface area contributed by atoms with Gasteiger partial charge < -0.3 is 5.32 Å². The first-order valence-corrected chi connectivity index (χ1v) is 6.29. The first-order valence-electron chi connectivity index (χ1n) is 6.29. The Kier molecular flexibility index (Phi) is 3.00. The van der Waals surface area contributed by atoms with Gasteiger partial charge in [-0.05, 0) is 12.6 Å². The molecule has 3 aromatic heterocycles. The molecule has 0 amide bonds. The maximum Gasteiger partial charge on any atom is 0.0896 e. The summed E-state index contributed by atoms with van der Waals surface area (Å²) in [4.78, 5) is 4.17. The molecule has 6 heteroatoms. The van der Waals surface area contributed by atoms with Crippen LogP contribution in [-0.2, 0) is 7.05 Å². The number of aryl methyl sites for hydroxylation is 1. The zero-order valence-corrected chi connectivity index (χ0v) is 11.0. The Bertz CT molecular complexity index is 683. The molecule has 3 heterocycles. The Labute approximate surface area is 111 Å². The molecule has 0 aliphatic carbocycles. The lowest BCUT2D eigenvalue weighted by atomic mass is 10.1. The second-order valence-electron chi connectivity index (χ2n) is 4.41. The van der Waals surface area contributed by atoms with Gasteiger partial charge in [0.2, 0.25) is 0 Å². The lowest BCUT2D eigenvalue weighted by molar-refractivity contribution is 0.602. The van der Waals surface area contributed by atoms with Crippen molar-refractivity contribution >= 4 is 5.52 Å². The summed E-state index contributed by atoms with van der Waals surface area (Å²) in [6, 6.07) is 2.06. The van der Waals surface area contributed by atoms with Crippen molar-refractivity contribution in [3.63, 3.8) is 0 Å². The van der Waals surface area contributed by atoms with Crippen molar-refractivity contribution in [1.82, 2.24) is 29.7 Å². The summed E-state index contributed by atoms with van der Waals surface area (Å²) < 4.78 is 3.64. The second kappa shape index (κ2) is 4.81. The smallest absolute Gasteiger partial charge is 0.0896 e. The molecule has 1 unspecified atom stereocenters. The molecule has 19 heavy (non-hydrogen) atoms. The van der Waals surface area contributed by atoms with Crippen molar-refractivity contribution in [3.05, 3.63) is 48.3 Å². The monoisotopic (exact) mass is 256 g/mol. The second-order valence-corrected chi connectivity index (χ2v) is 4.41. The highest BCUT2D eigenvalue weighted by atomic mass is 15.3. The first kappa shape index (κ1) is 11.9. The van der Waals surface area contributed by atoms with Crippen LogP contribution in [0.4, 0.5) is 0 Å². The molecular weight excluding hydrogens is 240 g/mol.